The molecule has 0 bridgehead atoms. The molecule has 1 fully saturated rings. The third-order valence-corrected chi connectivity index (χ3v) is 7.13. The molecule has 2 heterocycles. The number of halogens is 5. The summed E-state index contributed by atoms with van der Waals surface area (Å²) in [7, 11) is 0. The fraction of sp³-hybridized carbons (Fsp3) is 0.654. The van der Waals surface area contributed by atoms with Crippen molar-refractivity contribution >= 4 is 5.91 Å². The summed E-state index contributed by atoms with van der Waals surface area (Å²) in [6.07, 6.45) is 0.947. The van der Waals surface area contributed by atoms with Gasteiger partial charge in [0.05, 0.1) is 11.1 Å². The number of amides is 1. The van der Waals surface area contributed by atoms with Crippen molar-refractivity contribution in [3.05, 3.63) is 35.0 Å². The third-order valence-electron chi connectivity index (χ3n) is 7.13. The number of hydrogen-bond acceptors (Lipinski definition) is 4. The Hall–Kier alpha value is -2.72. The van der Waals surface area contributed by atoms with Crippen molar-refractivity contribution in [1.29, 1.82) is 0 Å². The van der Waals surface area contributed by atoms with E-state index in [1.807, 2.05) is 0 Å². The predicted octanol–water partition coefficient (Wildman–Crippen LogP) is 6.43. The molecule has 0 aliphatic heterocycles. The van der Waals surface area contributed by atoms with E-state index in [-0.39, 0.29) is 28.7 Å². The fourth-order valence-electron chi connectivity index (χ4n) is 4.68. The molecule has 206 valence electrons. The highest BCUT2D eigenvalue weighted by Gasteiger charge is 2.47. The second kappa shape index (κ2) is 11.3. The van der Waals surface area contributed by atoms with Gasteiger partial charge in [-0.15, -0.1) is 0 Å². The number of aromatic nitrogens is 3. The quantitative estimate of drug-likeness (QED) is 0.380. The maximum Gasteiger partial charge on any atom is 0.394 e. The number of imidazole rings is 1. The molecule has 2 aromatic rings. The van der Waals surface area contributed by atoms with E-state index in [4.69, 9.17) is 0 Å². The molecule has 1 aliphatic rings. The Morgan fingerprint density at radius 3 is 2.43 bits per heavy atom. The number of hydrogen-bond donors (Lipinski definition) is 1. The summed E-state index contributed by atoms with van der Waals surface area (Å²) in [5, 5.41) is 2.94. The van der Waals surface area contributed by atoms with Crippen LogP contribution in [0.4, 0.5) is 22.0 Å². The Labute approximate surface area is 214 Å². The second-order valence-electron chi connectivity index (χ2n) is 10.6. The van der Waals surface area contributed by atoms with Crippen LogP contribution in [0.1, 0.15) is 80.9 Å². The van der Waals surface area contributed by atoms with Crippen LogP contribution >= 0.6 is 0 Å². The first kappa shape index (κ1) is 28.8. The van der Waals surface area contributed by atoms with Crippen LogP contribution < -0.4 is 10.1 Å². The first-order chi connectivity index (χ1) is 17.2. The lowest BCUT2D eigenvalue weighted by Crippen LogP contribution is -2.34. The van der Waals surface area contributed by atoms with Gasteiger partial charge in [-0.05, 0) is 49.7 Å². The SMILES string of the molecule is CCc1nc(C(=O)NCC2CCC(C)CC2)c(C)n1-c1ncc(CC(C)(C)C(F)(F)F)cc1OC(F)F. The van der Waals surface area contributed by atoms with E-state index in [0.29, 0.717) is 36.3 Å². The summed E-state index contributed by atoms with van der Waals surface area (Å²) in [4.78, 5) is 21.6. The molecule has 11 heteroatoms. The summed E-state index contributed by atoms with van der Waals surface area (Å²) < 4.78 is 72.8. The number of pyridine rings is 1. The van der Waals surface area contributed by atoms with Crippen LogP contribution in [0.3, 0.4) is 0 Å². The van der Waals surface area contributed by atoms with E-state index in [1.165, 1.54) is 10.8 Å². The predicted molar refractivity (Wildman–Crippen MR) is 129 cm³/mol. The minimum atomic E-state index is -4.50. The van der Waals surface area contributed by atoms with Gasteiger partial charge in [-0.1, -0.05) is 40.5 Å². The molecule has 0 spiro atoms. The van der Waals surface area contributed by atoms with Crippen LogP contribution in [0.5, 0.6) is 5.75 Å². The first-order valence-corrected chi connectivity index (χ1v) is 12.6. The van der Waals surface area contributed by atoms with Crippen molar-refractivity contribution in [3.8, 4) is 11.6 Å². The second-order valence-corrected chi connectivity index (χ2v) is 10.6. The molecule has 1 amide bonds. The Bertz CT molecular complexity index is 1090. The highest BCUT2D eigenvalue weighted by Crippen LogP contribution is 2.41. The first-order valence-electron chi connectivity index (χ1n) is 12.6. The zero-order chi connectivity index (χ0) is 27.5. The molecular weight excluding hydrogens is 495 g/mol. The van der Waals surface area contributed by atoms with E-state index in [1.54, 1.807) is 13.8 Å². The molecule has 1 saturated carbocycles. The molecule has 0 radical (unpaired) electrons. The van der Waals surface area contributed by atoms with Crippen molar-refractivity contribution in [2.24, 2.45) is 17.3 Å². The van der Waals surface area contributed by atoms with Gasteiger partial charge < -0.3 is 10.1 Å². The van der Waals surface area contributed by atoms with E-state index in [9.17, 15) is 26.7 Å². The van der Waals surface area contributed by atoms with Crippen LogP contribution in [0, 0.1) is 24.2 Å². The van der Waals surface area contributed by atoms with Gasteiger partial charge in [-0.3, -0.25) is 9.36 Å². The molecule has 1 aliphatic carbocycles. The maximum absolute atomic E-state index is 13.4. The minimum Gasteiger partial charge on any atom is -0.431 e. The van der Waals surface area contributed by atoms with Crippen LogP contribution in [-0.4, -0.2) is 39.8 Å². The lowest BCUT2D eigenvalue weighted by molar-refractivity contribution is -0.211. The summed E-state index contributed by atoms with van der Waals surface area (Å²) in [6.45, 7) is 5.00. The summed E-state index contributed by atoms with van der Waals surface area (Å²) in [5.41, 5.74) is -1.48. The highest BCUT2D eigenvalue weighted by atomic mass is 19.4. The Balaban J connectivity index is 1.92. The lowest BCUT2D eigenvalue weighted by atomic mass is 9.83. The van der Waals surface area contributed by atoms with Gasteiger partial charge >= 0.3 is 12.8 Å². The number of aryl methyl sites for hydroxylation is 1. The lowest BCUT2D eigenvalue weighted by Gasteiger charge is -2.28. The monoisotopic (exact) mass is 530 g/mol. The van der Waals surface area contributed by atoms with Crippen molar-refractivity contribution in [2.75, 3.05) is 6.54 Å². The molecule has 0 aromatic carbocycles. The molecule has 6 nitrogen and oxygen atoms in total. The molecule has 0 saturated heterocycles. The normalized spacial score (nSPS) is 18.8. The Kier molecular flexibility index (Phi) is 8.85. The zero-order valence-corrected chi connectivity index (χ0v) is 21.9. The van der Waals surface area contributed by atoms with Gasteiger partial charge in [0, 0.05) is 19.2 Å². The van der Waals surface area contributed by atoms with Crippen molar-refractivity contribution in [1.82, 2.24) is 19.9 Å². The molecule has 1 N–H and O–H groups in total. The molecule has 0 atom stereocenters. The minimum absolute atomic E-state index is 0.0592. The van der Waals surface area contributed by atoms with Crippen LogP contribution in [-0.2, 0) is 12.8 Å². The number of ether oxygens (including phenoxy) is 1. The van der Waals surface area contributed by atoms with Gasteiger partial charge in [0.15, 0.2) is 11.6 Å². The van der Waals surface area contributed by atoms with Crippen LogP contribution in [0.2, 0.25) is 0 Å². The molecule has 3 rings (SSSR count). The van der Waals surface area contributed by atoms with Crippen molar-refractivity contribution < 1.29 is 31.5 Å². The number of nitrogens with one attached hydrogen (secondary N) is 1. The molecule has 2 aromatic heterocycles. The molecule has 37 heavy (non-hydrogen) atoms. The molecular formula is C26H35F5N4O2. The standard InChI is InChI=1S/C26H35F5N4O2/c1-6-20-34-21(23(36)33-13-17-9-7-15(2)8-10-17)16(3)35(20)22-19(37-24(27)28)11-18(14-32-22)12-25(4,5)26(29,30)31/h11,14-15,17,24H,6-10,12-13H2,1-5H3,(H,33,36). The summed E-state index contributed by atoms with van der Waals surface area (Å²) in [5.74, 6) is 0.669. The van der Waals surface area contributed by atoms with Gasteiger partial charge in [0.1, 0.15) is 11.5 Å². The maximum atomic E-state index is 13.4. The number of alkyl halides is 5. The Morgan fingerprint density at radius 1 is 1.22 bits per heavy atom. The van der Waals surface area contributed by atoms with Crippen molar-refractivity contribution in [3.63, 3.8) is 0 Å². The van der Waals surface area contributed by atoms with Gasteiger partial charge in [-0.25, -0.2) is 9.97 Å². The van der Waals surface area contributed by atoms with Gasteiger partial charge in [-0.2, -0.15) is 22.0 Å². The van der Waals surface area contributed by atoms with E-state index in [2.05, 4.69) is 26.9 Å². The van der Waals surface area contributed by atoms with E-state index < -0.39 is 24.6 Å². The number of nitrogens with zero attached hydrogens (tertiary/aromatic N) is 3. The van der Waals surface area contributed by atoms with Crippen LogP contribution in [0.15, 0.2) is 12.3 Å². The smallest absolute Gasteiger partial charge is 0.394 e. The third kappa shape index (κ3) is 6.78. The van der Waals surface area contributed by atoms with Gasteiger partial charge in [0.2, 0.25) is 0 Å². The largest absolute Gasteiger partial charge is 0.431 e. The number of rotatable bonds is 9. The molecule has 0 unspecified atom stereocenters. The summed E-state index contributed by atoms with van der Waals surface area (Å²) in [6, 6.07) is 1.14. The average Bonchev–Trinajstić information content (AvgIpc) is 3.13. The number of carbonyl (C=O) groups excluding carboxylic acids is 1. The van der Waals surface area contributed by atoms with Crippen LogP contribution in [0.25, 0.3) is 5.82 Å². The van der Waals surface area contributed by atoms with Gasteiger partial charge in [0.25, 0.3) is 5.91 Å². The van der Waals surface area contributed by atoms with E-state index >= 15 is 0 Å². The topological polar surface area (TPSA) is 69.0 Å². The average molecular weight is 531 g/mol. The fourth-order valence-corrected chi connectivity index (χ4v) is 4.68. The summed E-state index contributed by atoms with van der Waals surface area (Å²) >= 11 is 0. The highest BCUT2D eigenvalue weighted by molar-refractivity contribution is 5.93. The van der Waals surface area contributed by atoms with E-state index in [0.717, 1.165) is 45.6 Å². The van der Waals surface area contributed by atoms with Crippen molar-refractivity contribution in [2.45, 2.75) is 85.9 Å². The number of carbonyl (C=O) groups is 1. The zero-order valence-electron chi connectivity index (χ0n) is 21.9. The Morgan fingerprint density at radius 2 is 1.86 bits per heavy atom.